The van der Waals surface area contributed by atoms with Gasteiger partial charge in [0.05, 0.1) is 5.41 Å². The van der Waals surface area contributed by atoms with Crippen LogP contribution in [-0.4, -0.2) is 52.9 Å². The number of hydrogen-bond acceptors (Lipinski definition) is 5. The van der Waals surface area contributed by atoms with E-state index in [9.17, 15) is 31.9 Å². The molecule has 1 saturated heterocycles. The lowest BCUT2D eigenvalue weighted by atomic mass is 9.91. The predicted molar refractivity (Wildman–Crippen MR) is 61.9 cm³/mol. The third-order valence-corrected chi connectivity index (χ3v) is 3.70. The molecule has 3 atom stereocenters. The SMILES string of the molecule is CCC(C)(C)C(=O)OCC1OC(O)(C(F)(F)F)C(F)(F)C1O. The van der Waals surface area contributed by atoms with Gasteiger partial charge >= 0.3 is 23.9 Å². The monoisotopic (exact) mass is 336 g/mol. The topological polar surface area (TPSA) is 76.0 Å². The molecule has 1 aliphatic rings. The standard InChI is InChI=1S/C12H17F5O5/c1-4-9(2,3)8(19)21-5-6-7(18)10(13,14)11(20,22-6)12(15,16)17/h6-7,18,20H,4-5H2,1-3H3. The molecular weight excluding hydrogens is 319 g/mol. The average molecular weight is 336 g/mol. The Morgan fingerprint density at radius 1 is 1.32 bits per heavy atom. The van der Waals surface area contributed by atoms with Crippen molar-refractivity contribution in [2.75, 3.05) is 6.61 Å². The van der Waals surface area contributed by atoms with Crippen LogP contribution in [0.15, 0.2) is 0 Å². The fourth-order valence-electron chi connectivity index (χ4n) is 1.67. The molecule has 1 fully saturated rings. The number of aliphatic hydroxyl groups excluding tert-OH is 1. The van der Waals surface area contributed by atoms with Gasteiger partial charge in [0.2, 0.25) is 0 Å². The molecule has 0 aromatic heterocycles. The molecule has 0 aromatic rings. The molecule has 0 aromatic carbocycles. The van der Waals surface area contributed by atoms with Crippen LogP contribution in [-0.2, 0) is 14.3 Å². The highest BCUT2D eigenvalue weighted by molar-refractivity contribution is 5.75. The smallest absolute Gasteiger partial charge is 0.449 e. The average Bonchev–Trinajstić information content (AvgIpc) is 2.56. The van der Waals surface area contributed by atoms with E-state index in [0.717, 1.165) is 0 Å². The van der Waals surface area contributed by atoms with E-state index in [4.69, 9.17) is 5.11 Å². The van der Waals surface area contributed by atoms with Gasteiger partial charge in [-0.15, -0.1) is 0 Å². The maximum Gasteiger partial charge on any atom is 0.449 e. The minimum absolute atomic E-state index is 0.336. The number of ether oxygens (including phenoxy) is 2. The van der Waals surface area contributed by atoms with Gasteiger partial charge in [-0.3, -0.25) is 4.79 Å². The van der Waals surface area contributed by atoms with Crippen molar-refractivity contribution in [3.8, 4) is 0 Å². The second kappa shape index (κ2) is 5.57. The number of carbonyl (C=O) groups excluding carboxylic acids is 1. The Morgan fingerprint density at radius 2 is 1.82 bits per heavy atom. The fraction of sp³-hybridized carbons (Fsp3) is 0.917. The molecule has 0 amide bonds. The summed E-state index contributed by atoms with van der Waals surface area (Å²) in [6.45, 7) is 3.58. The summed E-state index contributed by atoms with van der Waals surface area (Å²) in [5, 5.41) is 18.3. The number of carbonyl (C=O) groups is 1. The zero-order valence-corrected chi connectivity index (χ0v) is 12.1. The number of esters is 1. The van der Waals surface area contributed by atoms with Gasteiger partial charge in [0.25, 0.3) is 0 Å². The number of rotatable bonds is 4. The van der Waals surface area contributed by atoms with Gasteiger partial charge in [-0.05, 0) is 20.3 Å². The van der Waals surface area contributed by atoms with E-state index >= 15 is 0 Å². The molecule has 2 N–H and O–H groups in total. The molecule has 0 bridgehead atoms. The molecule has 0 radical (unpaired) electrons. The van der Waals surface area contributed by atoms with E-state index in [0.29, 0.717) is 6.42 Å². The molecule has 0 spiro atoms. The van der Waals surface area contributed by atoms with Gasteiger partial charge in [-0.2, -0.15) is 22.0 Å². The van der Waals surface area contributed by atoms with Gasteiger partial charge < -0.3 is 19.7 Å². The number of halogens is 5. The second-order valence-electron chi connectivity index (χ2n) is 5.70. The highest BCUT2D eigenvalue weighted by Crippen LogP contribution is 2.51. The van der Waals surface area contributed by atoms with Crippen LogP contribution < -0.4 is 0 Å². The van der Waals surface area contributed by atoms with Crippen LogP contribution in [0, 0.1) is 5.41 Å². The molecule has 0 aliphatic carbocycles. The van der Waals surface area contributed by atoms with Crippen molar-refractivity contribution in [1.29, 1.82) is 0 Å². The second-order valence-corrected chi connectivity index (χ2v) is 5.70. The quantitative estimate of drug-likeness (QED) is 0.603. The van der Waals surface area contributed by atoms with Gasteiger partial charge in [-0.1, -0.05) is 6.92 Å². The van der Waals surface area contributed by atoms with E-state index < -0.39 is 48.1 Å². The highest BCUT2D eigenvalue weighted by Gasteiger charge is 2.79. The lowest BCUT2D eigenvalue weighted by Crippen LogP contribution is -2.59. The fourth-order valence-corrected chi connectivity index (χ4v) is 1.67. The van der Waals surface area contributed by atoms with Crippen molar-refractivity contribution in [2.24, 2.45) is 5.41 Å². The van der Waals surface area contributed by atoms with E-state index in [2.05, 4.69) is 9.47 Å². The Kier molecular flexibility index (Phi) is 4.82. The van der Waals surface area contributed by atoms with Gasteiger partial charge in [-0.25, -0.2) is 0 Å². The first-order valence-corrected chi connectivity index (χ1v) is 6.40. The lowest BCUT2D eigenvalue weighted by Gasteiger charge is -2.30. The normalized spacial score (nSPS) is 32.1. The molecule has 1 rings (SSSR count). The first-order valence-electron chi connectivity index (χ1n) is 6.40. The third-order valence-electron chi connectivity index (χ3n) is 3.70. The van der Waals surface area contributed by atoms with Gasteiger partial charge in [0, 0.05) is 0 Å². The number of hydrogen-bond donors (Lipinski definition) is 2. The molecule has 22 heavy (non-hydrogen) atoms. The summed E-state index contributed by atoms with van der Waals surface area (Å²) in [5.41, 5.74) is -0.980. The number of aliphatic hydroxyl groups is 2. The maximum absolute atomic E-state index is 13.5. The van der Waals surface area contributed by atoms with Crippen molar-refractivity contribution >= 4 is 5.97 Å². The van der Waals surface area contributed by atoms with Crippen molar-refractivity contribution in [1.82, 2.24) is 0 Å². The first kappa shape index (κ1) is 19.0. The highest BCUT2D eigenvalue weighted by atomic mass is 19.4. The van der Waals surface area contributed by atoms with Crippen LogP contribution in [0.3, 0.4) is 0 Å². The Hall–Kier alpha value is -1.00. The van der Waals surface area contributed by atoms with Crippen molar-refractivity contribution in [3.63, 3.8) is 0 Å². The Morgan fingerprint density at radius 3 is 2.18 bits per heavy atom. The first-order chi connectivity index (χ1) is 9.70. The summed E-state index contributed by atoms with van der Waals surface area (Å²) in [4.78, 5) is 11.6. The Labute approximate surface area is 123 Å². The van der Waals surface area contributed by atoms with Crippen molar-refractivity contribution < 1.29 is 46.4 Å². The Balaban J connectivity index is 2.86. The summed E-state index contributed by atoms with van der Waals surface area (Å²) in [6, 6.07) is 0. The van der Waals surface area contributed by atoms with E-state index in [-0.39, 0.29) is 0 Å². The summed E-state index contributed by atoms with van der Waals surface area (Å²) in [7, 11) is 0. The largest absolute Gasteiger partial charge is 0.462 e. The van der Waals surface area contributed by atoms with Crippen LogP contribution in [0.2, 0.25) is 0 Å². The van der Waals surface area contributed by atoms with Crippen LogP contribution in [0.25, 0.3) is 0 Å². The van der Waals surface area contributed by atoms with E-state index in [1.807, 2.05) is 0 Å². The number of alkyl halides is 5. The van der Waals surface area contributed by atoms with Crippen LogP contribution >= 0.6 is 0 Å². The zero-order valence-electron chi connectivity index (χ0n) is 12.1. The van der Waals surface area contributed by atoms with Crippen molar-refractivity contribution in [2.45, 2.75) is 57.3 Å². The summed E-state index contributed by atoms with van der Waals surface area (Å²) < 4.78 is 73.1. The molecule has 10 heteroatoms. The molecule has 0 saturated carbocycles. The molecule has 5 nitrogen and oxygen atoms in total. The molecular formula is C12H17F5O5. The van der Waals surface area contributed by atoms with Gasteiger partial charge in [0.1, 0.15) is 12.7 Å². The van der Waals surface area contributed by atoms with Crippen molar-refractivity contribution in [3.05, 3.63) is 0 Å². The summed E-state index contributed by atoms with van der Waals surface area (Å²) >= 11 is 0. The minimum atomic E-state index is -5.83. The molecule has 130 valence electrons. The molecule has 3 unspecified atom stereocenters. The third kappa shape index (κ3) is 2.91. The van der Waals surface area contributed by atoms with Crippen LogP contribution in [0.1, 0.15) is 27.2 Å². The Bertz CT molecular complexity index is 436. The lowest BCUT2D eigenvalue weighted by molar-refractivity contribution is -0.409. The molecule has 1 aliphatic heterocycles. The van der Waals surface area contributed by atoms with Crippen LogP contribution in [0.5, 0.6) is 0 Å². The van der Waals surface area contributed by atoms with E-state index in [1.54, 1.807) is 6.92 Å². The predicted octanol–water partition coefficient (Wildman–Crippen LogP) is 1.61. The molecule has 1 heterocycles. The van der Waals surface area contributed by atoms with Gasteiger partial charge in [0.15, 0.2) is 6.10 Å². The summed E-state index contributed by atoms with van der Waals surface area (Å²) in [6.07, 6.45) is -10.7. The van der Waals surface area contributed by atoms with E-state index in [1.165, 1.54) is 13.8 Å². The maximum atomic E-state index is 13.5. The minimum Gasteiger partial charge on any atom is -0.462 e. The summed E-state index contributed by atoms with van der Waals surface area (Å²) in [5.74, 6) is -10.7. The zero-order chi connectivity index (χ0) is 17.6. The van der Waals surface area contributed by atoms with Crippen LogP contribution in [0.4, 0.5) is 22.0 Å².